The fourth-order valence-corrected chi connectivity index (χ4v) is 6.60. The van der Waals surface area contributed by atoms with Crippen LogP contribution in [0.1, 0.15) is 41.8 Å². The Bertz CT molecular complexity index is 1960. The summed E-state index contributed by atoms with van der Waals surface area (Å²) in [5.74, 6) is 0.776. The minimum Gasteiger partial charge on any atom is -0.305 e. The third-order valence-corrected chi connectivity index (χ3v) is 8.61. The van der Waals surface area contributed by atoms with E-state index in [9.17, 15) is 4.79 Å². The number of aromatic nitrogens is 6. The van der Waals surface area contributed by atoms with E-state index in [4.69, 9.17) is 28.2 Å². The number of aryl methyl sites for hydroxylation is 1. The first-order valence-corrected chi connectivity index (χ1v) is 13.6. The number of hydrogen-bond donors (Lipinski definition) is 1. The van der Waals surface area contributed by atoms with Gasteiger partial charge in [0.1, 0.15) is 0 Å². The SMILES string of the molecule is Cc1[nH]nc2cc(C3=NC=C(C4C5CC5c5cc(-c6cc(Cl)ccc6-n6cc(Cl)nn6)cc(=O)n54)C3)ccc12. The van der Waals surface area contributed by atoms with E-state index in [0.29, 0.717) is 22.0 Å². The van der Waals surface area contributed by atoms with Crippen molar-refractivity contribution in [2.45, 2.75) is 31.7 Å². The molecule has 3 aliphatic rings. The minimum atomic E-state index is -0.0231. The smallest absolute Gasteiger partial charge is 0.251 e. The summed E-state index contributed by atoms with van der Waals surface area (Å²) < 4.78 is 3.58. The lowest BCUT2D eigenvalue weighted by molar-refractivity contribution is 0.524. The van der Waals surface area contributed by atoms with Crippen LogP contribution in [0.25, 0.3) is 27.7 Å². The summed E-state index contributed by atoms with van der Waals surface area (Å²) >= 11 is 12.4. The van der Waals surface area contributed by atoms with Crippen LogP contribution in [0.5, 0.6) is 0 Å². The molecular formula is C29H21Cl2N7O. The minimum absolute atomic E-state index is 0.0231. The van der Waals surface area contributed by atoms with Crippen LogP contribution in [0, 0.1) is 12.8 Å². The maximum Gasteiger partial charge on any atom is 0.251 e. The molecule has 1 aliphatic carbocycles. The molecule has 10 heteroatoms. The van der Waals surface area contributed by atoms with Crippen LogP contribution in [0.15, 0.2) is 76.3 Å². The van der Waals surface area contributed by atoms with Crippen LogP contribution in [0.3, 0.4) is 0 Å². The van der Waals surface area contributed by atoms with Gasteiger partial charge in [-0.3, -0.25) is 14.9 Å². The Morgan fingerprint density at radius 2 is 1.95 bits per heavy atom. The van der Waals surface area contributed by atoms with Crippen LogP contribution >= 0.6 is 23.2 Å². The van der Waals surface area contributed by atoms with E-state index < -0.39 is 0 Å². The number of hydrogen-bond acceptors (Lipinski definition) is 5. The van der Waals surface area contributed by atoms with Crippen molar-refractivity contribution in [1.29, 1.82) is 0 Å². The highest BCUT2D eigenvalue weighted by atomic mass is 35.5. The maximum absolute atomic E-state index is 13.7. The number of fused-ring (bicyclic) bond motifs is 4. The third kappa shape index (κ3) is 3.55. The van der Waals surface area contributed by atoms with Gasteiger partial charge in [0.25, 0.3) is 5.56 Å². The number of rotatable bonds is 4. The fourth-order valence-electron chi connectivity index (χ4n) is 6.30. The second kappa shape index (κ2) is 8.24. The molecule has 1 N–H and O–H groups in total. The van der Waals surface area contributed by atoms with Gasteiger partial charge < -0.3 is 4.57 Å². The Labute approximate surface area is 232 Å². The number of allylic oxidation sites excluding steroid dienone is 1. The highest BCUT2D eigenvalue weighted by Gasteiger charge is 2.54. The van der Waals surface area contributed by atoms with Gasteiger partial charge in [0.2, 0.25) is 0 Å². The summed E-state index contributed by atoms with van der Waals surface area (Å²) in [6.45, 7) is 2.02. The number of halogens is 2. The summed E-state index contributed by atoms with van der Waals surface area (Å²) in [7, 11) is 0. The molecule has 8 nitrogen and oxygen atoms in total. The van der Waals surface area contributed by atoms with Crippen LogP contribution in [-0.4, -0.2) is 35.5 Å². The van der Waals surface area contributed by atoms with Gasteiger partial charge in [-0.15, -0.1) is 5.10 Å². The van der Waals surface area contributed by atoms with E-state index in [0.717, 1.165) is 63.2 Å². The van der Waals surface area contributed by atoms with Crippen LogP contribution in [-0.2, 0) is 0 Å². The molecule has 5 aromatic rings. The molecule has 0 radical (unpaired) electrons. The lowest BCUT2D eigenvalue weighted by atomic mass is 9.96. The van der Waals surface area contributed by atoms with E-state index >= 15 is 0 Å². The molecular weight excluding hydrogens is 533 g/mol. The highest BCUT2D eigenvalue weighted by molar-refractivity contribution is 6.31. The second-order valence-electron chi connectivity index (χ2n) is 10.5. The second-order valence-corrected chi connectivity index (χ2v) is 11.3. The molecule has 3 aromatic heterocycles. The molecule has 5 heterocycles. The number of benzene rings is 2. The van der Waals surface area contributed by atoms with Crippen molar-refractivity contribution in [3.8, 4) is 16.8 Å². The maximum atomic E-state index is 13.7. The summed E-state index contributed by atoms with van der Waals surface area (Å²) in [6, 6.07) is 15.6. The van der Waals surface area contributed by atoms with Gasteiger partial charge in [-0.05, 0) is 66.3 Å². The first-order chi connectivity index (χ1) is 18.9. The predicted octanol–water partition coefficient (Wildman–Crippen LogP) is 6.02. The van der Waals surface area contributed by atoms with Gasteiger partial charge in [-0.2, -0.15) is 5.10 Å². The first-order valence-electron chi connectivity index (χ1n) is 12.8. The van der Waals surface area contributed by atoms with E-state index in [2.05, 4.69) is 44.8 Å². The zero-order valence-corrected chi connectivity index (χ0v) is 22.3. The topological polar surface area (TPSA) is 93.8 Å². The van der Waals surface area contributed by atoms with E-state index in [1.54, 1.807) is 23.0 Å². The third-order valence-electron chi connectivity index (χ3n) is 8.20. The molecule has 8 rings (SSSR count). The van der Waals surface area contributed by atoms with E-state index in [-0.39, 0.29) is 11.6 Å². The van der Waals surface area contributed by atoms with Crippen LogP contribution < -0.4 is 5.56 Å². The average molecular weight is 554 g/mol. The molecule has 192 valence electrons. The summed E-state index contributed by atoms with van der Waals surface area (Å²) in [6.07, 6.45) is 5.40. The van der Waals surface area contributed by atoms with Crippen LogP contribution in [0.2, 0.25) is 10.2 Å². The predicted molar refractivity (Wildman–Crippen MR) is 151 cm³/mol. The number of nitrogens with one attached hydrogen (secondary N) is 1. The van der Waals surface area contributed by atoms with Gasteiger partial charge >= 0.3 is 0 Å². The van der Waals surface area contributed by atoms with Crippen molar-refractivity contribution in [1.82, 2.24) is 29.8 Å². The zero-order chi connectivity index (χ0) is 26.4. The lowest BCUT2D eigenvalue weighted by Gasteiger charge is -2.20. The quantitative estimate of drug-likeness (QED) is 0.294. The van der Waals surface area contributed by atoms with Crippen molar-refractivity contribution in [3.63, 3.8) is 0 Å². The van der Waals surface area contributed by atoms with Crippen molar-refractivity contribution >= 4 is 39.8 Å². The van der Waals surface area contributed by atoms with E-state index in [1.807, 2.05) is 29.8 Å². The Balaban J connectivity index is 1.14. The number of nitrogens with zero attached hydrogens (tertiary/aromatic N) is 6. The number of aliphatic imine (C=N–C) groups is 1. The normalized spacial score (nSPS) is 21.2. The average Bonchev–Trinajstić information content (AvgIpc) is 3.28. The molecule has 2 aliphatic heterocycles. The molecule has 1 saturated carbocycles. The van der Waals surface area contributed by atoms with Crippen molar-refractivity contribution < 1.29 is 0 Å². The Morgan fingerprint density at radius 3 is 2.79 bits per heavy atom. The van der Waals surface area contributed by atoms with Crippen molar-refractivity contribution in [2.24, 2.45) is 10.9 Å². The number of aromatic amines is 1. The first kappa shape index (κ1) is 22.9. The van der Waals surface area contributed by atoms with Gasteiger partial charge in [-0.25, -0.2) is 4.68 Å². The Kier molecular flexibility index (Phi) is 4.85. The highest BCUT2D eigenvalue weighted by Crippen LogP contribution is 2.61. The standard InChI is InChI=1S/C29H21Cl2N7O/c1-14-19-4-2-15(6-24(19)34-33-14)23-7-17(12-32-23)29-22-11-21(22)26-8-16(9-28(39)38(26)29)20-10-18(30)3-5-25(20)37-13-27(31)35-36-37/h2-6,8-10,12-13,21-22,29H,7,11H2,1H3,(H,33,34). The van der Waals surface area contributed by atoms with Crippen molar-refractivity contribution in [2.75, 3.05) is 0 Å². The molecule has 3 atom stereocenters. The van der Waals surface area contributed by atoms with Crippen molar-refractivity contribution in [3.05, 3.63) is 104 Å². The molecule has 1 fully saturated rings. The number of pyridine rings is 1. The molecule has 0 bridgehead atoms. The molecule has 3 unspecified atom stereocenters. The molecule has 39 heavy (non-hydrogen) atoms. The molecule has 2 aromatic carbocycles. The van der Waals surface area contributed by atoms with E-state index in [1.165, 1.54) is 5.57 Å². The zero-order valence-electron chi connectivity index (χ0n) is 20.8. The fraction of sp³-hybridized carbons (Fsp3) is 0.207. The molecule has 0 amide bonds. The summed E-state index contributed by atoms with van der Waals surface area (Å²) in [5.41, 5.74) is 8.67. The largest absolute Gasteiger partial charge is 0.305 e. The van der Waals surface area contributed by atoms with Crippen LogP contribution in [0.4, 0.5) is 0 Å². The molecule has 0 saturated heterocycles. The van der Waals surface area contributed by atoms with Gasteiger partial charge in [0.15, 0.2) is 5.15 Å². The van der Waals surface area contributed by atoms with Gasteiger partial charge in [0.05, 0.1) is 29.2 Å². The summed E-state index contributed by atoms with van der Waals surface area (Å²) in [4.78, 5) is 18.5. The monoisotopic (exact) mass is 553 g/mol. The molecule has 0 spiro atoms. The number of H-pyrrole nitrogens is 1. The van der Waals surface area contributed by atoms with Gasteiger partial charge in [0, 0.05) is 52.0 Å². The Hall–Kier alpha value is -4.01. The lowest BCUT2D eigenvalue weighted by Crippen LogP contribution is -2.26. The van der Waals surface area contributed by atoms with Gasteiger partial charge in [-0.1, -0.05) is 40.5 Å². The Morgan fingerprint density at radius 1 is 1.05 bits per heavy atom. The summed E-state index contributed by atoms with van der Waals surface area (Å²) in [5, 5.41) is 17.5.